The van der Waals surface area contributed by atoms with Gasteiger partial charge in [-0.05, 0) is 44.3 Å². The normalized spacial score (nSPS) is 22.3. The van der Waals surface area contributed by atoms with E-state index in [-0.39, 0.29) is 6.61 Å². The third-order valence-electron chi connectivity index (χ3n) is 2.98. The Kier molecular flexibility index (Phi) is 6.16. The second-order valence-corrected chi connectivity index (χ2v) is 4.01. The van der Waals surface area contributed by atoms with Crippen LogP contribution in [0.1, 0.15) is 32.1 Å². The topological polar surface area (TPSA) is 72.2 Å². The lowest BCUT2D eigenvalue weighted by molar-refractivity contribution is 0.119. The quantitative estimate of drug-likeness (QED) is 0.316. The summed E-state index contributed by atoms with van der Waals surface area (Å²) < 4.78 is 0. The first-order valence-electron chi connectivity index (χ1n) is 5.74. The summed E-state index contributed by atoms with van der Waals surface area (Å²) in [5, 5.41) is 12.5. The summed E-state index contributed by atoms with van der Waals surface area (Å²) in [6, 6.07) is 0.537. The van der Waals surface area contributed by atoms with E-state index in [2.05, 4.69) is 14.9 Å². The van der Waals surface area contributed by atoms with Crippen molar-refractivity contribution in [3.63, 3.8) is 0 Å². The van der Waals surface area contributed by atoms with Crippen molar-refractivity contribution in [3.05, 3.63) is 10.4 Å². The molecule has 0 radical (unpaired) electrons. The molecule has 5 nitrogen and oxygen atoms in total. The molecule has 1 rings (SSSR count). The first kappa shape index (κ1) is 12.3. The van der Waals surface area contributed by atoms with Crippen molar-refractivity contribution in [2.45, 2.75) is 38.1 Å². The van der Waals surface area contributed by atoms with E-state index in [1.54, 1.807) is 0 Å². The van der Waals surface area contributed by atoms with Gasteiger partial charge in [0, 0.05) is 24.1 Å². The molecule has 0 aromatic rings. The minimum Gasteiger partial charge on any atom is -0.396 e. The van der Waals surface area contributed by atoms with E-state index in [1.165, 1.54) is 19.3 Å². The van der Waals surface area contributed by atoms with Crippen LogP contribution in [0.3, 0.4) is 0 Å². The van der Waals surface area contributed by atoms with Crippen molar-refractivity contribution in [2.75, 3.05) is 26.2 Å². The molecule has 1 saturated heterocycles. The van der Waals surface area contributed by atoms with Gasteiger partial charge in [0.15, 0.2) is 0 Å². The fraction of sp³-hybridized carbons (Fsp3) is 1.00. The van der Waals surface area contributed by atoms with E-state index in [0.717, 1.165) is 25.9 Å². The van der Waals surface area contributed by atoms with Gasteiger partial charge in [-0.15, -0.1) is 0 Å². The van der Waals surface area contributed by atoms with Gasteiger partial charge in [-0.2, -0.15) is 0 Å². The van der Waals surface area contributed by atoms with E-state index < -0.39 is 0 Å². The second kappa shape index (κ2) is 7.51. The van der Waals surface area contributed by atoms with Crippen LogP contribution in [0.2, 0.25) is 0 Å². The summed E-state index contributed by atoms with van der Waals surface area (Å²) in [6.07, 6.45) is 5.52. The van der Waals surface area contributed by atoms with Crippen LogP contribution in [-0.4, -0.2) is 42.3 Å². The Bertz CT molecular complexity index is 213. The molecule has 5 heteroatoms. The van der Waals surface area contributed by atoms with Crippen molar-refractivity contribution in [1.29, 1.82) is 0 Å². The molecule has 0 aliphatic carbocycles. The number of hydrogen-bond donors (Lipinski definition) is 1. The van der Waals surface area contributed by atoms with E-state index in [9.17, 15) is 0 Å². The molecule has 1 unspecified atom stereocenters. The average Bonchev–Trinajstić information content (AvgIpc) is 2.27. The minimum atomic E-state index is 0.275. The summed E-state index contributed by atoms with van der Waals surface area (Å²) in [5.74, 6) is 0. The monoisotopic (exact) mass is 212 g/mol. The van der Waals surface area contributed by atoms with Crippen molar-refractivity contribution in [2.24, 2.45) is 5.11 Å². The van der Waals surface area contributed by atoms with Gasteiger partial charge in [0.1, 0.15) is 0 Å². The van der Waals surface area contributed by atoms with Crippen LogP contribution in [0.4, 0.5) is 0 Å². The van der Waals surface area contributed by atoms with Gasteiger partial charge in [-0.3, -0.25) is 0 Å². The third kappa shape index (κ3) is 4.51. The number of piperidine rings is 1. The van der Waals surface area contributed by atoms with Crippen LogP contribution >= 0.6 is 0 Å². The van der Waals surface area contributed by atoms with Gasteiger partial charge in [-0.25, -0.2) is 0 Å². The summed E-state index contributed by atoms with van der Waals surface area (Å²) in [5.41, 5.74) is 8.15. The molecule has 15 heavy (non-hydrogen) atoms. The molecule has 1 heterocycles. The molecule has 1 fully saturated rings. The highest BCUT2D eigenvalue weighted by Gasteiger charge is 2.20. The number of azide groups is 1. The molecule has 0 aromatic heterocycles. The molecular formula is C10H20N4O. The molecule has 0 amide bonds. The number of aliphatic hydroxyl groups excluding tert-OH is 1. The van der Waals surface area contributed by atoms with Gasteiger partial charge in [0.25, 0.3) is 0 Å². The lowest BCUT2D eigenvalue weighted by atomic mass is 9.99. The molecule has 0 bridgehead atoms. The second-order valence-electron chi connectivity index (χ2n) is 4.01. The highest BCUT2D eigenvalue weighted by atomic mass is 16.3. The van der Waals surface area contributed by atoms with E-state index in [0.29, 0.717) is 12.6 Å². The summed E-state index contributed by atoms with van der Waals surface area (Å²) >= 11 is 0. The smallest absolute Gasteiger partial charge is 0.0445 e. The molecular weight excluding hydrogens is 192 g/mol. The number of rotatable bonds is 6. The van der Waals surface area contributed by atoms with Gasteiger partial charge < -0.3 is 10.0 Å². The molecule has 1 N–H and O–H groups in total. The Morgan fingerprint density at radius 2 is 2.33 bits per heavy atom. The Morgan fingerprint density at radius 1 is 1.47 bits per heavy atom. The molecule has 1 aliphatic heterocycles. The van der Waals surface area contributed by atoms with Crippen LogP contribution in [-0.2, 0) is 0 Å². The van der Waals surface area contributed by atoms with Gasteiger partial charge >= 0.3 is 0 Å². The van der Waals surface area contributed by atoms with Crippen LogP contribution in [0.25, 0.3) is 10.4 Å². The maximum absolute atomic E-state index is 8.95. The van der Waals surface area contributed by atoms with Gasteiger partial charge in [0.05, 0.1) is 0 Å². The predicted molar refractivity (Wildman–Crippen MR) is 59.5 cm³/mol. The van der Waals surface area contributed by atoms with Crippen molar-refractivity contribution in [1.82, 2.24) is 4.90 Å². The van der Waals surface area contributed by atoms with E-state index in [1.807, 2.05) is 0 Å². The standard InChI is InChI=1S/C10H20N4O/c11-13-12-6-3-8-14-7-2-1-4-10(14)5-9-15/h10,15H,1-9H2. The Morgan fingerprint density at radius 3 is 3.07 bits per heavy atom. The Hall–Kier alpha value is -0.770. The van der Waals surface area contributed by atoms with Crippen molar-refractivity contribution < 1.29 is 5.11 Å². The fourth-order valence-electron chi connectivity index (χ4n) is 2.22. The molecule has 0 aromatic carbocycles. The molecule has 0 spiro atoms. The maximum Gasteiger partial charge on any atom is 0.0445 e. The highest BCUT2D eigenvalue weighted by molar-refractivity contribution is 4.76. The number of hydrogen-bond acceptors (Lipinski definition) is 3. The highest BCUT2D eigenvalue weighted by Crippen LogP contribution is 2.19. The predicted octanol–water partition coefficient (Wildman–Crippen LogP) is 1.92. The molecule has 86 valence electrons. The lowest BCUT2D eigenvalue weighted by Gasteiger charge is -2.35. The zero-order chi connectivity index (χ0) is 10.9. The first-order chi connectivity index (χ1) is 7.38. The van der Waals surface area contributed by atoms with E-state index >= 15 is 0 Å². The minimum absolute atomic E-state index is 0.275. The fourth-order valence-corrected chi connectivity index (χ4v) is 2.22. The largest absolute Gasteiger partial charge is 0.396 e. The summed E-state index contributed by atoms with van der Waals surface area (Å²) in [6.45, 7) is 2.97. The Balaban J connectivity index is 2.25. The lowest BCUT2D eigenvalue weighted by Crippen LogP contribution is -2.40. The number of likely N-dealkylation sites (tertiary alicyclic amines) is 1. The SMILES string of the molecule is [N-]=[N+]=NCCCN1CCCCC1CCO. The van der Waals surface area contributed by atoms with Crippen molar-refractivity contribution in [3.8, 4) is 0 Å². The summed E-state index contributed by atoms with van der Waals surface area (Å²) in [4.78, 5) is 5.16. The van der Waals surface area contributed by atoms with Crippen LogP contribution in [0, 0.1) is 0 Å². The molecule has 0 saturated carbocycles. The Labute approximate surface area is 90.7 Å². The van der Waals surface area contributed by atoms with Gasteiger partial charge in [-0.1, -0.05) is 11.5 Å². The maximum atomic E-state index is 8.95. The third-order valence-corrected chi connectivity index (χ3v) is 2.98. The average molecular weight is 212 g/mol. The molecule has 1 atom stereocenters. The number of nitrogens with zero attached hydrogens (tertiary/aromatic N) is 4. The van der Waals surface area contributed by atoms with Crippen LogP contribution in [0.5, 0.6) is 0 Å². The zero-order valence-electron chi connectivity index (χ0n) is 9.18. The van der Waals surface area contributed by atoms with Crippen LogP contribution < -0.4 is 0 Å². The van der Waals surface area contributed by atoms with Gasteiger partial charge in [0.2, 0.25) is 0 Å². The summed E-state index contributed by atoms with van der Waals surface area (Å²) in [7, 11) is 0. The zero-order valence-corrected chi connectivity index (χ0v) is 9.18. The van der Waals surface area contributed by atoms with Crippen LogP contribution in [0.15, 0.2) is 5.11 Å². The van der Waals surface area contributed by atoms with Crippen molar-refractivity contribution >= 4 is 0 Å². The number of aliphatic hydroxyl groups is 1. The molecule has 1 aliphatic rings. The first-order valence-corrected chi connectivity index (χ1v) is 5.74. The van der Waals surface area contributed by atoms with E-state index in [4.69, 9.17) is 10.6 Å².